The lowest BCUT2D eigenvalue weighted by atomic mass is 10.1. The zero-order chi connectivity index (χ0) is 13.0. The smallest absolute Gasteiger partial charge is 0.213 e. The molecule has 2 aromatic rings. The molecule has 6 heteroatoms. The Bertz CT molecular complexity index is 502. The van der Waals surface area contributed by atoms with Crippen molar-refractivity contribution >= 4 is 0 Å². The van der Waals surface area contributed by atoms with Crippen LogP contribution >= 0.6 is 0 Å². The minimum atomic E-state index is -0.366. The maximum Gasteiger partial charge on any atom is 0.213 e. The van der Waals surface area contributed by atoms with Crippen LogP contribution in [0.1, 0.15) is 24.4 Å². The van der Waals surface area contributed by atoms with Crippen LogP contribution < -0.4 is 5.32 Å². The van der Waals surface area contributed by atoms with Gasteiger partial charge in [-0.3, -0.25) is 0 Å². The Morgan fingerprint density at radius 1 is 1.50 bits per heavy atom. The maximum absolute atomic E-state index is 13.1. The highest BCUT2D eigenvalue weighted by Gasteiger charge is 2.11. The molecule has 0 bridgehead atoms. The summed E-state index contributed by atoms with van der Waals surface area (Å²) >= 11 is 0. The summed E-state index contributed by atoms with van der Waals surface area (Å²) in [5.41, 5.74) is 0.531. The second kappa shape index (κ2) is 5.59. The second-order valence-electron chi connectivity index (χ2n) is 3.98. The number of benzene rings is 1. The fourth-order valence-electron chi connectivity index (χ4n) is 1.69. The molecule has 0 aliphatic heterocycles. The number of phenolic OH excluding ortho intramolecular Hbond substituents is 1. The first-order chi connectivity index (χ1) is 8.66. The summed E-state index contributed by atoms with van der Waals surface area (Å²) in [6.07, 6.45) is 1.88. The quantitative estimate of drug-likeness (QED) is 0.848. The Kier molecular flexibility index (Phi) is 3.88. The molecule has 0 aliphatic carbocycles. The van der Waals surface area contributed by atoms with Crippen molar-refractivity contribution in [3.63, 3.8) is 0 Å². The van der Waals surface area contributed by atoms with Crippen molar-refractivity contribution in [2.75, 3.05) is 6.54 Å². The third-order valence-electron chi connectivity index (χ3n) is 2.66. The average molecular weight is 251 g/mol. The zero-order valence-corrected chi connectivity index (χ0v) is 9.93. The second-order valence-corrected chi connectivity index (χ2v) is 3.98. The summed E-state index contributed by atoms with van der Waals surface area (Å²) in [5, 5.41) is 16.5. The molecule has 1 aromatic carbocycles. The van der Waals surface area contributed by atoms with Crippen molar-refractivity contribution in [2.45, 2.75) is 19.4 Å². The van der Waals surface area contributed by atoms with Crippen molar-refractivity contribution in [2.24, 2.45) is 0 Å². The van der Waals surface area contributed by atoms with Gasteiger partial charge in [0.05, 0.1) is 0 Å². The standard InChI is InChI=1S/C12H14FN3O2/c1-8(10-6-9(13)2-3-11(10)17)14-5-4-12-15-7-18-16-12/h2-3,6-8,14,17H,4-5H2,1H3. The van der Waals surface area contributed by atoms with Gasteiger partial charge in [-0.05, 0) is 25.1 Å². The van der Waals surface area contributed by atoms with Crippen LogP contribution in [0.3, 0.4) is 0 Å². The van der Waals surface area contributed by atoms with Crippen LogP contribution in [0.5, 0.6) is 5.75 Å². The van der Waals surface area contributed by atoms with E-state index in [9.17, 15) is 9.50 Å². The van der Waals surface area contributed by atoms with Crippen LogP contribution in [-0.4, -0.2) is 21.8 Å². The molecule has 0 saturated carbocycles. The highest BCUT2D eigenvalue weighted by molar-refractivity contribution is 5.34. The van der Waals surface area contributed by atoms with Crippen LogP contribution in [0.15, 0.2) is 29.1 Å². The summed E-state index contributed by atoms with van der Waals surface area (Å²) < 4.78 is 17.7. The molecule has 0 spiro atoms. The lowest BCUT2D eigenvalue weighted by molar-refractivity contribution is 0.408. The lowest BCUT2D eigenvalue weighted by Crippen LogP contribution is -2.21. The average Bonchev–Trinajstić information content (AvgIpc) is 2.85. The first-order valence-corrected chi connectivity index (χ1v) is 5.64. The predicted octanol–water partition coefficient (Wildman–Crippen LogP) is 1.81. The van der Waals surface area contributed by atoms with E-state index in [4.69, 9.17) is 0 Å². The Balaban J connectivity index is 1.91. The molecule has 0 saturated heterocycles. The minimum Gasteiger partial charge on any atom is -0.508 e. The van der Waals surface area contributed by atoms with Gasteiger partial charge in [-0.2, -0.15) is 4.98 Å². The first-order valence-electron chi connectivity index (χ1n) is 5.64. The Labute approximate surface area is 104 Å². The molecule has 96 valence electrons. The van der Waals surface area contributed by atoms with Gasteiger partial charge in [0.25, 0.3) is 0 Å². The van der Waals surface area contributed by atoms with Crippen LogP contribution in [-0.2, 0) is 6.42 Å². The van der Waals surface area contributed by atoms with Gasteiger partial charge in [-0.15, -0.1) is 0 Å². The van der Waals surface area contributed by atoms with E-state index >= 15 is 0 Å². The van der Waals surface area contributed by atoms with E-state index < -0.39 is 0 Å². The number of nitrogens with one attached hydrogen (secondary N) is 1. The highest BCUT2D eigenvalue weighted by Crippen LogP contribution is 2.24. The molecule has 0 fully saturated rings. The van der Waals surface area contributed by atoms with Gasteiger partial charge < -0.3 is 14.9 Å². The molecular weight excluding hydrogens is 237 g/mol. The van der Waals surface area contributed by atoms with Crippen LogP contribution in [0, 0.1) is 5.82 Å². The number of aromatic hydroxyl groups is 1. The molecule has 1 unspecified atom stereocenters. The van der Waals surface area contributed by atoms with E-state index in [1.165, 1.54) is 24.6 Å². The van der Waals surface area contributed by atoms with E-state index in [-0.39, 0.29) is 17.6 Å². The van der Waals surface area contributed by atoms with Gasteiger partial charge in [0.15, 0.2) is 5.82 Å². The summed E-state index contributed by atoms with van der Waals surface area (Å²) in [7, 11) is 0. The van der Waals surface area contributed by atoms with E-state index in [0.29, 0.717) is 24.4 Å². The van der Waals surface area contributed by atoms with Gasteiger partial charge in [0.1, 0.15) is 11.6 Å². The number of hydrogen-bond donors (Lipinski definition) is 2. The van der Waals surface area contributed by atoms with Gasteiger partial charge in [-0.25, -0.2) is 4.39 Å². The molecule has 2 rings (SSSR count). The minimum absolute atomic E-state index is 0.0796. The molecule has 0 aliphatic rings. The van der Waals surface area contributed by atoms with Gasteiger partial charge in [-0.1, -0.05) is 5.16 Å². The van der Waals surface area contributed by atoms with Gasteiger partial charge in [0.2, 0.25) is 6.39 Å². The molecular formula is C12H14FN3O2. The van der Waals surface area contributed by atoms with Gasteiger partial charge >= 0.3 is 0 Å². The summed E-state index contributed by atoms with van der Waals surface area (Å²) in [5.74, 6) is 0.323. The molecule has 18 heavy (non-hydrogen) atoms. The monoisotopic (exact) mass is 251 g/mol. The zero-order valence-electron chi connectivity index (χ0n) is 9.93. The number of nitrogens with zero attached hydrogens (tertiary/aromatic N) is 2. The normalized spacial score (nSPS) is 12.6. The third kappa shape index (κ3) is 3.04. The van der Waals surface area contributed by atoms with E-state index in [0.717, 1.165) is 0 Å². The van der Waals surface area contributed by atoms with E-state index in [1.807, 2.05) is 6.92 Å². The number of halogens is 1. The topological polar surface area (TPSA) is 71.2 Å². The molecule has 1 atom stereocenters. The SMILES string of the molecule is CC(NCCc1ncon1)c1cc(F)ccc1O. The van der Waals surface area contributed by atoms with Crippen molar-refractivity contribution in [3.8, 4) is 5.75 Å². The Hall–Kier alpha value is -1.95. The van der Waals surface area contributed by atoms with Crippen molar-refractivity contribution < 1.29 is 14.0 Å². The van der Waals surface area contributed by atoms with Crippen molar-refractivity contribution in [1.29, 1.82) is 0 Å². The molecule has 2 N–H and O–H groups in total. The molecule has 0 radical (unpaired) electrons. The van der Waals surface area contributed by atoms with E-state index in [2.05, 4.69) is 20.0 Å². The largest absolute Gasteiger partial charge is 0.508 e. The maximum atomic E-state index is 13.1. The van der Waals surface area contributed by atoms with Crippen molar-refractivity contribution in [3.05, 3.63) is 41.8 Å². The van der Waals surface area contributed by atoms with Crippen LogP contribution in [0.25, 0.3) is 0 Å². The van der Waals surface area contributed by atoms with Crippen molar-refractivity contribution in [1.82, 2.24) is 15.5 Å². The first kappa shape index (κ1) is 12.5. The summed E-state index contributed by atoms with van der Waals surface area (Å²) in [6.45, 7) is 2.46. The molecule has 0 amide bonds. The number of hydrogen-bond acceptors (Lipinski definition) is 5. The van der Waals surface area contributed by atoms with Crippen LogP contribution in [0.2, 0.25) is 0 Å². The Morgan fingerprint density at radius 3 is 3.06 bits per heavy atom. The Morgan fingerprint density at radius 2 is 2.33 bits per heavy atom. The summed E-state index contributed by atoms with van der Waals surface area (Å²) in [4.78, 5) is 3.89. The molecule has 5 nitrogen and oxygen atoms in total. The van der Waals surface area contributed by atoms with E-state index in [1.54, 1.807) is 0 Å². The lowest BCUT2D eigenvalue weighted by Gasteiger charge is -2.15. The molecule has 1 aromatic heterocycles. The number of aromatic nitrogens is 2. The number of rotatable bonds is 5. The highest BCUT2D eigenvalue weighted by atomic mass is 19.1. The van der Waals surface area contributed by atoms with Gasteiger partial charge in [0, 0.05) is 24.6 Å². The summed E-state index contributed by atoms with van der Waals surface area (Å²) in [6, 6.07) is 3.74. The van der Waals surface area contributed by atoms with Crippen LogP contribution in [0.4, 0.5) is 4.39 Å². The predicted molar refractivity (Wildman–Crippen MR) is 62.5 cm³/mol. The fraction of sp³-hybridized carbons (Fsp3) is 0.333. The third-order valence-corrected chi connectivity index (χ3v) is 2.66. The number of phenols is 1. The fourth-order valence-corrected chi connectivity index (χ4v) is 1.69. The molecule has 1 heterocycles.